The third-order valence-corrected chi connectivity index (χ3v) is 4.44. The van der Waals surface area contributed by atoms with Crippen molar-refractivity contribution in [3.8, 4) is 0 Å². The van der Waals surface area contributed by atoms with E-state index in [9.17, 15) is 4.79 Å². The maximum Gasteiger partial charge on any atom is 0.234 e. The number of likely N-dealkylation sites (N-methyl/N-ethyl adjacent to an activating group) is 1. The summed E-state index contributed by atoms with van der Waals surface area (Å²) < 4.78 is 0. The van der Waals surface area contributed by atoms with Gasteiger partial charge in [-0.25, -0.2) is 0 Å². The first-order valence-electron chi connectivity index (χ1n) is 7.84. The van der Waals surface area contributed by atoms with Crippen LogP contribution in [0.1, 0.15) is 23.5 Å². The molecule has 1 unspecified atom stereocenters. The number of nitrogens with zero attached hydrogens (tertiary/aromatic N) is 1. The molecule has 1 fully saturated rings. The molecule has 3 nitrogen and oxygen atoms in total. The fraction of sp³-hybridized carbons (Fsp3) is 0.316. The Morgan fingerprint density at radius 2 is 1.57 bits per heavy atom. The van der Waals surface area contributed by atoms with Gasteiger partial charge in [0.15, 0.2) is 0 Å². The fourth-order valence-electron chi connectivity index (χ4n) is 3.12. The van der Waals surface area contributed by atoms with Gasteiger partial charge in [0.1, 0.15) is 0 Å². The SMILES string of the molecule is CN(C(=O)C(c1ccccc1)c1ccccc1)C1CCNC1.Cl. The molecule has 0 bridgehead atoms. The van der Waals surface area contributed by atoms with Crippen LogP contribution < -0.4 is 5.32 Å². The molecule has 1 atom stereocenters. The Hall–Kier alpha value is -1.84. The molecule has 0 spiro atoms. The highest BCUT2D eigenvalue weighted by molar-refractivity contribution is 5.87. The molecule has 0 aliphatic carbocycles. The predicted molar refractivity (Wildman–Crippen MR) is 96.0 cm³/mol. The van der Waals surface area contributed by atoms with Crippen LogP contribution in [-0.2, 0) is 4.79 Å². The van der Waals surface area contributed by atoms with Crippen LogP contribution in [0.15, 0.2) is 60.7 Å². The largest absolute Gasteiger partial charge is 0.341 e. The second-order valence-electron chi connectivity index (χ2n) is 5.85. The monoisotopic (exact) mass is 330 g/mol. The summed E-state index contributed by atoms with van der Waals surface area (Å²) in [7, 11) is 1.93. The Morgan fingerprint density at radius 3 is 2.00 bits per heavy atom. The molecule has 122 valence electrons. The van der Waals surface area contributed by atoms with Crippen molar-refractivity contribution in [2.45, 2.75) is 18.4 Å². The van der Waals surface area contributed by atoms with Gasteiger partial charge in [-0.05, 0) is 24.1 Å². The quantitative estimate of drug-likeness (QED) is 0.934. The summed E-state index contributed by atoms with van der Waals surface area (Å²) in [6, 6.07) is 20.4. The minimum Gasteiger partial charge on any atom is -0.341 e. The summed E-state index contributed by atoms with van der Waals surface area (Å²) in [5, 5.41) is 3.33. The summed E-state index contributed by atoms with van der Waals surface area (Å²) in [5.41, 5.74) is 2.10. The standard InChI is InChI=1S/C19H22N2O.ClH/c1-21(17-12-13-20-14-17)19(22)18(15-8-4-2-5-9-15)16-10-6-3-7-11-16;/h2-11,17-18,20H,12-14H2,1H3;1H. The zero-order valence-electron chi connectivity index (χ0n) is 13.3. The van der Waals surface area contributed by atoms with Gasteiger partial charge in [-0.3, -0.25) is 4.79 Å². The summed E-state index contributed by atoms with van der Waals surface area (Å²) in [6.07, 6.45) is 1.03. The molecule has 1 saturated heterocycles. The third-order valence-electron chi connectivity index (χ3n) is 4.44. The first-order valence-corrected chi connectivity index (χ1v) is 7.84. The van der Waals surface area contributed by atoms with E-state index in [1.807, 2.05) is 72.6 Å². The smallest absolute Gasteiger partial charge is 0.234 e. The predicted octanol–water partition coefficient (Wildman–Crippen LogP) is 3.06. The Morgan fingerprint density at radius 1 is 1.04 bits per heavy atom. The van der Waals surface area contributed by atoms with Gasteiger partial charge < -0.3 is 10.2 Å². The van der Waals surface area contributed by atoms with Gasteiger partial charge in [0.2, 0.25) is 5.91 Å². The van der Waals surface area contributed by atoms with Gasteiger partial charge in [-0.2, -0.15) is 0 Å². The molecule has 0 aromatic heterocycles. The molecular weight excluding hydrogens is 308 g/mol. The molecule has 2 aromatic rings. The van der Waals surface area contributed by atoms with Gasteiger partial charge in [0.05, 0.1) is 5.92 Å². The van der Waals surface area contributed by atoms with Crippen molar-refractivity contribution in [2.75, 3.05) is 20.1 Å². The van der Waals surface area contributed by atoms with E-state index in [0.717, 1.165) is 30.6 Å². The number of halogens is 1. The molecule has 1 heterocycles. The van der Waals surface area contributed by atoms with Gasteiger partial charge in [0.25, 0.3) is 0 Å². The zero-order chi connectivity index (χ0) is 15.4. The summed E-state index contributed by atoms with van der Waals surface area (Å²) in [6.45, 7) is 1.88. The highest BCUT2D eigenvalue weighted by Gasteiger charge is 2.30. The van der Waals surface area contributed by atoms with E-state index in [0.29, 0.717) is 6.04 Å². The molecule has 1 aliphatic rings. The zero-order valence-corrected chi connectivity index (χ0v) is 14.1. The molecule has 0 saturated carbocycles. The average Bonchev–Trinajstić information content (AvgIpc) is 3.11. The van der Waals surface area contributed by atoms with Crippen LogP contribution in [0, 0.1) is 0 Å². The van der Waals surface area contributed by atoms with E-state index in [-0.39, 0.29) is 24.2 Å². The second-order valence-corrected chi connectivity index (χ2v) is 5.85. The third kappa shape index (κ3) is 3.92. The van der Waals surface area contributed by atoms with Crippen LogP contribution in [0.5, 0.6) is 0 Å². The summed E-state index contributed by atoms with van der Waals surface area (Å²) >= 11 is 0. The normalized spacial score (nSPS) is 16.9. The van der Waals surface area contributed by atoms with E-state index in [2.05, 4.69) is 5.32 Å². The molecule has 2 aromatic carbocycles. The maximum atomic E-state index is 13.1. The molecule has 1 N–H and O–H groups in total. The number of carbonyl (C=O) groups excluding carboxylic acids is 1. The lowest BCUT2D eigenvalue weighted by Crippen LogP contribution is -2.41. The highest BCUT2D eigenvalue weighted by Crippen LogP contribution is 2.27. The Balaban J connectivity index is 0.00000192. The van der Waals surface area contributed by atoms with Crippen molar-refractivity contribution in [2.24, 2.45) is 0 Å². The first kappa shape index (κ1) is 17.5. The van der Waals surface area contributed by atoms with Gasteiger partial charge >= 0.3 is 0 Å². The highest BCUT2D eigenvalue weighted by atomic mass is 35.5. The Labute approximate surface area is 144 Å². The van der Waals surface area contributed by atoms with E-state index < -0.39 is 0 Å². The number of hydrogen-bond acceptors (Lipinski definition) is 2. The van der Waals surface area contributed by atoms with Crippen LogP contribution >= 0.6 is 12.4 Å². The number of carbonyl (C=O) groups is 1. The van der Waals surface area contributed by atoms with Gasteiger partial charge in [-0.1, -0.05) is 60.7 Å². The molecule has 3 rings (SSSR count). The molecule has 23 heavy (non-hydrogen) atoms. The van der Waals surface area contributed by atoms with Crippen molar-refractivity contribution in [1.82, 2.24) is 10.2 Å². The first-order chi connectivity index (χ1) is 10.8. The van der Waals surface area contributed by atoms with Crippen molar-refractivity contribution >= 4 is 18.3 Å². The Bertz CT molecular complexity index is 572. The molecule has 4 heteroatoms. The van der Waals surface area contributed by atoms with Crippen LogP contribution in [0.3, 0.4) is 0 Å². The Kier molecular flexibility index (Phi) is 6.20. The van der Waals surface area contributed by atoms with Crippen LogP contribution in [0.2, 0.25) is 0 Å². The number of benzene rings is 2. The lowest BCUT2D eigenvalue weighted by molar-refractivity contribution is -0.132. The molecule has 1 amide bonds. The van der Waals surface area contributed by atoms with E-state index in [4.69, 9.17) is 0 Å². The lowest BCUT2D eigenvalue weighted by Gasteiger charge is -2.29. The number of hydrogen-bond donors (Lipinski definition) is 1. The number of amides is 1. The molecular formula is C19H23ClN2O. The van der Waals surface area contributed by atoms with E-state index in [1.54, 1.807) is 0 Å². The fourth-order valence-corrected chi connectivity index (χ4v) is 3.12. The molecule has 0 radical (unpaired) electrons. The lowest BCUT2D eigenvalue weighted by atomic mass is 9.89. The van der Waals surface area contributed by atoms with Crippen molar-refractivity contribution in [3.63, 3.8) is 0 Å². The molecule has 1 aliphatic heterocycles. The number of rotatable bonds is 4. The van der Waals surface area contributed by atoms with Crippen molar-refractivity contribution in [3.05, 3.63) is 71.8 Å². The van der Waals surface area contributed by atoms with Crippen LogP contribution in [-0.4, -0.2) is 37.0 Å². The minimum absolute atomic E-state index is 0. The maximum absolute atomic E-state index is 13.1. The van der Waals surface area contributed by atoms with Crippen molar-refractivity contribution < 1.29 is 4.79 Å². The van der Waals surface area contributed by atoms with Gasteiger partial charge in [0, 0.05) is 19.6 Å². The topological polar surface area (TPSA) is 32.3 Å². The summed E-state index contributed by atoms with van der Waals surface area (Å²) in [4.78, 5) is 15.1. The van der Waals surface area contributed by atoms with Crippen LogP contribution in [0.4, 0.5) is 0 Å². The van der Waals surface area contributed by atoms with Crippen molar-refractivity contribution in [1.29, 1.82) is 0 Å². The van der Waals surface area contributed by atoms with Crippen LogP contribution in [0.25, 0.3) is 0 Å². The van der Waals surface area contributed by atoms with E-state index >= 15 is 0 Å². The van der Waals surface area contributed by atoms with Gasteiger partial charge in [-0.15, -0.1) is 12.4 Å². The summed E-state index contributed by atoms with van der Waals surface area (Å²) in [5.74, 6) is -0.0564. The van der Waals surface area contributed by atoms with E-state index in [1.165, 1.54) is 0 Å². The second kappa shape index (κ2) is 8.14. The number of nitrogens with one attached hydrogen (secondary N) is 1. The average molecular weight is 331 g/mol. The minimum atomic E-state index is -0.229.